The summed E-state index contributed by atoms with van der Waals surface area (Å²) in [5.74, 6) is -0.900. The Morgan fingerprint density at radius 3 is 2.56 bits per heavy atom. The van der Waals surface area contributed by atoms with Gasteiger partial charge < -0.3 is 10.0 Å². The number of likely N-dealkylation sites (N-methyl/N-ethyl adjacent to an activating group) is 1. The normalized spacial score (nSPS) is 19.9. The highest BCUT2D eigenvalue weighted by Crippen LogP contribution is 2.46. The topological polar surface area (TPSA) is 40.5 Å². The molecule has 0 saturated carbocycles. The van der Waals surface area contributed by atoms with Crippen LogP contribution >= 0.6 is 0 Å². The third-order valence-corrected chi connectivity index (χ3v) is 3.20. The van der Waals surface area contributed by atoms with Gasteiger partial charge in [-0.25, -0.2) is 4.79 Å². The number of carboxylic acids is 1. The van der Waals surface area contributed by atoms with E-state index >= 15 is 0 Å². The van der Waals surface area contributed by atoms with E-state index in [1.807, 2.05) is 44.0 Å². The molecule has 84 valence electrons. The maximum Gasteiger partial charge on any atom is 0.330 e. The first-order valence-electron chi connectivity index (χ1n) is 5.23. The number of carboxylic acid groups (broad SMARTS) is 1. The van der Waals surface area contributed by atoms with Crippen molar-refractivity contribution in [3.63, 3.8) is 0 Å². The van der Waals surface area contributed by atoms with E-state index in [9.17, 15) is 4.79 Å². The highest BCUT2D eigenvalue weighted by molar-refractivity contribution is 5.84. The molecule has 0 aliphatic carbocycles. The first kappa shape index (κ1) is 10.7. The molecule has 0 fully saturated rings. The molecule has 3 nitrogen and oxygen atoms in total. The van der Waals surface area contributed by atoms with Crippen molar-refractivity contribution < 1.29 is 9.90 Å². The summed E-state index contributed by atoms with van der Waals surface area (Å²) in [5, 5.41) is 8.90. The summed E-state index contributed by atoms with van der Waals surface area (Å²) < 4.78 is 0. The minimum Gasteiger partial charge on any atom is -0.478 e. The summed E-state index contributed by atoms with van der Waals surface area (Å²) >= 11 is 0. The number of carbonyl (C=O) groups is 1. The fourth-order valence-corrected chi connectivity index (χ4v) is 2.38. The van der Waals surface area contributed by atoms with Crippen LogP contribution in [-0.2, 0) is 10.2 Å². The minimum absolute atomic E-state index is 0.246. The minimum atomic E-state index is -0.900. The van der Waals surface area contributed by atoms with Crippen molar-refractivity contribution in [1.82, 2.24) is 0 Å². The standard InChI is InChI=1S/C13H15NO2/c1-13(2)9-6-4-5-7-10(9)14(3)11(13)8-12(15)16/h4-8H,1-3H3,(H,15,16)/b11-8+. The molecule has 0 saturated heterocycles. The van der Waals surface area contributed by atoms with Crippen LogP contribution in [0.4, 0.5) is 5.69 Å². The molecule has 0 aromatic heterocycles. The summed E-state index contributed by atoms with van der Waals surface area (Å²) in [7, 11) is 1.91. The van der Waals surface area contributed by atoms with Crippen LogP contribution in [-0.4, -0.2) is 18.1 Å². The Morgan fingerprint density at radius 2 is 2.00 bits per heavy atom. The van der Waals surface area contributed by atoms with Gasteiger partial charge in [0.05, 0.1) is 0 Å². The predicted molar refractivity (Wildman–Crippen MR) is 63.6 cm³/mol. The number of anilines is 1. The number of hydrogen-bond donors (Lipinski definition) is 1. The Hall–Kier alpha value is -1.77. The van der Waals surface area contributed by atoms with E-state index in [0.717, 1.165) is 11.4 Å². The largest absolute Gasteiger partial charge is 0.478 e. The lowest BCUT2D eigenvalue weighted by atomic mass is 9.84. The lowest BCUT2D eigenvalue weighted by molar-refractivity contribution is -0.131. The third kappa shape index (κ3) is 1.40. The number of fused-ring (bicyclic) bond motifs is 1. The molecule has 16 heavy (non-hydrogen) atoms. The van der Waals surface area contributed by atoms with Crippen molar-refractivity contribution >= 4 is 11.7 Å². The molecule has 1 aromatic rings. The number of para-hydroxylation sites is 1. The molecule has 3 heteroatoms. The van der Waals surface area contributed by atoms with Crippen LogP contribution in [0.3, 0.4) is 0 Å². The van der Waals surface area contributed by atoms with E-state index in [0.29, 0.717) is 0 Å². The van der Waals surface area contributed by atoms with Gasteiger partial charge in [-0.05, 0) is 11.6 Å². The molecule has 0 radical (unpaired) electrons. The Balaban J connectivity index is 2.62. The van der Waals surface area contributed by atoms with E-state index in [4.69, 9.17) is 5.11 Å². The molecule has 0 bridgehead atoms. The smallest absolute Gasteiger partial charge is 0.330 e. The van der Waals surface area contributed by atoms with Crippen molar-refractivity contribution in [3.05, 3.63) is 41.6 Å². The second-order valence-electron chi connectivity index (χ2n) is 4.57. The van der Waals surface area contributed by atoms with Gasteiger partial charge in [0.1, 0.15) is 0 Å². The maximum atomic E-state index is 10.8. The monoisotopic (exact) mass is 217 g/mol. The summed E-state index contributed by atoms with van der Waals surface area (Å²) in [5.41, 5.74) is 2.83. The van der Waals surface area contributed by atoms with Crippen molar-refractivity contribution in [3.8, 4) is 0 Å². The van der Waals surface area contributed by atoms with Crippen molar-refractivity contribution in [1.29, 1.82) is 0 Å². The second-order valence-corrected chi connectivity index (χ2v) is 4.57. The van der Waals surface area contributed by atoms with E-state index in [-0.39, 0.29) is 5.41 Å². The van der Waals surface area contributed by atoms with E-state index in [2.05, 4.69) is 6.07 Å². The van der Waals surface area contributed by atoms with Gasteiger partial charge in [0.15, 0.2) is 0 Å². The number of allylic oxidation sites excluding steroid dienone is 1. The molecule has 1 N–H and O–H groups in total. The SMILES string of the molecule is CN1/C(=C/C(=O)O)C(C)(C)c2ccccc21. The molecule has 1 heterocycles. The Kier molecular flexibility index (Phi) is 2.26. The third-order valence-electron chi connectivity index (χ3n) is 3.20. The first-order chi connectivity index (χ1) is 7.44. The lowest BCUT2D eigenvalue weighted by Gasteiger charge is -2.23. The molecule has 0 spiro atoms. The summed E-state index contributed by atoms with van der Waals surface area (Å²) in [6, 6.07) is 8.02. The highest BCUT2D eigenvalue weighted by Gasteiger charge is 2.38. The molecule has 1 aliphatic rings. The van der Waals surface area contributed by atoms with Crippen LogP contribution in [0.15, 0.2) is 36.0 Å². The molecule has 2 rings (SSSR count). The number of hydrogen-bond acceptors (Lipinski definition) is 2. The molecule has 1 aromatic carbocycles. The molecule has 0 unspecified atom stereocenters. The highest BCUT2D eigenvalue weighted by atomic mass is 16.4. The van der Waals surface area contributed by atoms with Gasteiger partial charge in [-0.2, -0.15) is 0 Å². The summed E-state index contributed by atoms with van der Waals surface area (Å²) in [4.78, 5) is 12.8. The molecule has 1 aliphatic heterocycles. The van der Waals surface area contributed by atoms with Crippen molar-refractivity contribution in [2.24, 2.45) is 0 Å². The van der Waals surface area contributed by atoms with Gasteiger partial charge >= 0.3 is 5.97 Å². The Labute approximate surface area is 95.0 Å². The van der Waals surface area contributed by atoms with Crippen LogP contribution < -0.4 is 4.90 Å². The van der Waals surface area contributed by atoms with Crippen molar-refractivity contribution in [2.45, 2.75) is 19.3 Å². The zero-order valence-electron chi connectivity index (χ0n) is 9.69. The van der Waals surface area contributed by atoms with Gasteiger partial charge in [0.25, 0.3) is 0 Å². The first-order valence-corrected chi connectivity index (χ1v) is 5.23. The molecule has 0 amide bonds. The van der Waals surface area contributed by atoms with E-state index in [1.165, 1.54) is 11.6 Å². The van der Waals surface area contributed by atoms with Gasteiger partial charge in [0, 0.05) is 29.9 Å². The number of aliphatic carboxylic acids is 1. The zero-order valence-corrected chi connectivity index (χ0v) is 9.69. The number of rotatable bonds is 1. The number of nitrogens with zero attached hydrogens (tertiary/aromatic N) is 1. The fraction of sp³-hybridized carbons (Fsp3) is 0.308. The Bertz CT molecular complexity index is 475. The quantitative estimate of drug-likeness (QED) is 0.734. The van der Waals surface area contributed by atoms with Crippen molar-refractivity contribution in [2.75, 3.05) is 11.9 Å². The maximum absolute atomic E-state index is 10.8. The van der Waals surface area contributed by atoms with Gasteiger partial charge in [0.2, 0.25) is 0 Å². The van der Waals surface area contributed by atoms with Gasteiger partial charge in [-0.3, -0.25) is 0 Å². The summed E-state index contributed by atoms with van der Waals surface area (Å²) in [6.07, 6.45) is 1.29. The van der Waals surface area contributed by atoms with Gasteiger partial charge in [-0.15, -0.1) is 0 Å². The molecular weight excluding hydrogens is 202 g/mol. The molecular formula is C13H15NO2. The van der Waals surface area contributed by atoms with E-state index in [1.54, 1.807) is 0 Å². The van der Waals surface area contributed by atoms with Crippen LogP contribution in [0.2, 0.25) is 0 Å². The van der Waals surface area contributed by atoms with Crippen LogP contribution in [0.5, 0.6) is 0 Å². The summed E-state index contributed by atoms with van der Waals surface area (Å²) in [6.45, 7) is 4.09. The van der Waals surface area contributed by atoms with Crippen LogP contribution in [0.25, 0.3) is 0 Å². The number of benzene rings is 1. The fourth-order valence-electron chi connectivity index (χ4n) is 2.38. The average Bonchev–Trinajstić information content (AvgIpc) is 2.41. The molecule has 0 atom stereocenters. The lowest BCUT2D eigenvalue weighted by Crippen LogP contribution is -2.23. The van der Waals surface area contributed by atoms with E-state index < -0.39 is 5.97 Å². The second kappa shape index (κ2) is 3.37. The predicted octanol–water partition coefficient (Wildman–Crippen LogP) is 2.38. The van der Waals surface area contributed by atoms with Crippen LogP contribution in [0.1, 0.15) is 19.4 Å². The average molecular weight is 217 g/mol. The van der Waals surface area contributed by atoms with Gasteiger partial charge in [-0.1, -0.05) is 32.0 Å². The Morgan fingerprint density at radius 1 is 1.38 bits per heavy atom. The zero-order chi connectivity index (χ0) is 11.9. The van der Waals surface area contributed by atoms with Crippen LogP contribution in [0, 0.1) is 0 Å².